The molecular formula is C21H31N3O. The van der Waals surface area contributed by atoms with Crippen molar-refractivity contribution in [3.05, 3.63) is 36.0 Å². The SMILES string of the molecule is OCC(CC1CCNCC1)N1CCC(c2c[nH]c3ccccc23)CC1. The van der Waals surface area contributed by atoms with Gasteiger partial charge in [0.15, 0.2) is 0 Å². The first kappa shape index (κ1) is 17.1. The molecule has 4 heteroatoms. The number of H-pyrrole nitrogens is 1. The number of likely N-dealkylation sites (tertiary alicyclic amines) is 1. The fourth-order valence-electron chi connectivity index (χ4n) is 4.85. The number of aliphatic hydroxyl groups excluding tert-OH is 1. The van der Waals surface area contributed by atoms with Gasteiger partial charge in [-0.15, -0.1) is 0 Å². The molecule has 0 radical (unpaired) electrons. The van der Waals surface area contributed by atoms with E-state index in [1.807, 2.05) is 0 Å². The van der Waals surface area contributed by atoms with E-state index in [9.17, 15) is 5.11 Å². The Morgan fingerprint density at radius 3 is 2.60 bits per heavy atom. The summed E-state index contributed by atoms with van der Waals surface area (Å²) in [5.41, 5.74) is 2.73. The van der Waals surface area contributed by atoms with Gasteiger partial charge in [0.2, 0.25) is 0 Å². The van der Waals surface area contributed by atoms with Gasteiger partial charge in [0, 0.05) is 23.1 Å². The summed E-state index contributed by atoms with van der Waals surface area (Å²) in [5, 5.41) is 14.8. The second kappa shape index (κ2) is 7.90. The molecule has 2 aliphatic heterocycles. The van der Waals surface area contributed by atoms with Crippen LogP contribution >= 0.6 is 0 Å². The molecule has 3 N–H and O–H groups in total. The molecule has 0 amide bonds. The van der Waals surface area contributed by atoms with Crippen molar-refractivity contribution in [2.24, 2.45) is 5.92 Å². The van der Waals surface area contributed by atoms with Gasteiger partial charge < -0.3 is 15.4 Å². The standard InChI is InChI=1S/C21H31N3O/c25-15-18(13-16-5-9-22-10-6-16)24-11-7-17(8-12-24)20-14-23-21-4-2-1-3-19(20)21/h1-4,14,16-18,22-23,25H,5-13,15H2. The summed E-state index contributed by atoms with van der Waals surface area (Å²) in [5.74, 6) is 1.43. The minimum atomic E-state index is 0.307. The molecular weight excluding hydrogens is 310 g/mol. The van der Waals surface area contributed by atoms with E-state index in [-0.39, 0.29) is 0 Å². The van der Waals surface area contributed by atoms with Crippen molar-refractivity contribution in [2.75, 3.05) is 32.8 Å². The van der Waals surface area contributed by atoms with Gasteiger partial charge in [-0.25, -0.2) is 0 Å². The van der Waals surface area contributed by atoms with Crippen molar-refractivity contribution in [3.8, 4) is 0 Å². The van der Waals surface area contributed by atoms with Crippen LogP contribution in [-0.4, -0.2) is 53.8 Å². The Bertz CT molecular complexity index is 669. The van der Waals surface area contributed by atoms with Crippen LogP contribution in [0.4, 0.5) is 0 Å². The number of nitrogens with zero attached hydrogens (tertiary/aromatic N) is 1. The van der Waals surface area contributed by atoms with Crippen LogP contribution in [0.2, 0.25) is 0 Å². The molecule has 1 atom stereocenters. The smallest absolute Gasteiger partial charge is 0.0586 e. The summed E-state index contributed by atoms with van der Waals surface area (Å²) < 4.78 is 0. The maximum absolute atomic E-state index is 9.94. The zero-order chi connectivity index (χ0) is 17.1. The molecule has 25 heavy (non-hydrogen) atoms. The number of hydrogen-bond acceptors (Lipinski definition) is 3. The summed E-state index contributed by atoms with van der Waals surface area (Å²) in [6.45, 7) is 4.82. The first-order valence-electron chi connectivity index (χ1n) is 9.97. The van der Waals surface area contributed by atoms with E-state index in [4.69, 9.17) is 0 Å². The average molecular weight is 341 g/mol. The van der Waals surface area contributed by atoms with Crippen LogP contribution in [0, 0.1) is 5.92 Å². The van der Waals surface area contributed by atoms with Crippen LogP contribution in [0.5, 0.6) is 0 Å². The first-order chi connectivity index (χ1) is 12.3. The molecule has 2 aliphatic rings. The monoisotopic (exact) mass is 341 g/mol. The lowest BCUT2D eigenvalue weighted by molar-refractivity contribution is 0.0772. The highest BCUT2D eigenvalue weighted by molar-refractivity contribution is 5.83. The van der Waals surface area contributed by atoms with Gasteiger partial charge in [-0.3, -0.25) is 4.90 Å². The zero-order valence-electron chi connectivity index (χ0n) is 15.1. The number of aliphatic hydroxyl groups is 1. The number of rotatable bonds is 5. The Balaban J connectivity index is 1.37. The third-order valence-corrected chi connectivity index (χ3v) is 6.38. The minimum Gasteiger partial charge on any atom is -0.395 e. The molecule has 2 saturated heterocycles. The Hall–Kier alpha value is -1.36. The van der Waals surface area contributed by atoms with Crippen molar-refractivity contribution in [3.63, 3.8) is 0 Å². The number of aromatic nitrogens is 1. The molecule has 0 spiro atoms. The number of nitrogens with one attached hydrogen (secondary N) is 2. The molecule has 1 unspecified atom stereocenters. The number of benzene rings is 1. The fourth-order valence-corrected chi connectivity index (χ4v) is 4.85. The summed E-state index contributed by atoms with van der Waals surface area (Å²) >= 11 is 0. The largest absolute Gasteiger partial charge is 0.395 e. The van der Waals surface area contributed by atoms with E-state index in [1.54, 1.807) is 0 Å². The number of aromatic amines is 1. The lowest BCUT2D eigenvalue weighted by Gasteiger charge is -2.38. The lowest BCUT2D eigenvalue weighted by Crippen LogP contribution is -2.44. The highest BCUT2D eigenvalue weighted by Gasteiger charge is 2.28. The highest BCUT2D eigenvalue weighted by Crippen LogP contribution is 2.34. The normalized spacial score (nSPS) is 22.4. The van der Waals surface area contributed by atoms with E-state index in [1.165, 1.54) is 42.1 Å². The maximum atomic E-state index is 9.94. The van der Waals surface area contributed by atoms with Crippen molar-refractivity contribution < 1.29 is 5.11 Å². The molecule has 4 nitrogen and oxygen atoms in total. The molecule has 0 saturated carbocycles. The Kier molecular flexibility index (Phi) is 5.39. The van der Waals surface area contributed by atoms with Crippen molar-refractivity contribution >= 4 is 10.9 Å². The van der Waals surface area contributed by atoms with Gasteiger partial charge in [0.1, 0.15) is 0 Å². The average Bonchev–Trinajstić information content (AvgIpc) is 3.11. The molecule has 2 fully saturated rings. The van der Waals surface area contributed by atoms with E-state index in [2.05, 4.69) is 45.7 Å². The number of fused-ring (bicyclic) bond motifs is 1. The predicted octanol–water partition coefficient (Wildman–Crippen LogP) is 3.10. The van der Waals surface area contributed by atoms with Crippen LogP contribution < -0.4 is 5.32 Å². The summed E-state index contributed by atoms with van der Waals surface area (Å²) in [7, 11) is 0. The van der Waals surface area contributed by atoms with Gasteiger partial charge in [-0.2, -0.15) is 0 Å². The van der Waals surface area contributed by atoms with Gasteiger partial charge in [0.25, 0.3) is 0 Å². The molecule has 0 aliphatic carbocycles. The second-order valence-corrected chi connectivity index (χ2v) is 7.87. The molecule has 0 bridgehead atoms. The Morgan fingerprint density at radius 1 is 1.08 bits per heavy atom. The summed E-state index contributed by atoms with van der Waals surface area (Å²) in [6.07, 6.45) is 8.30. The molecule has 136 valence electrons. The van der Waals surface area contributed by atoms with E-state index in [0.717, 1.165) is 38.5 Å². The quantitative estimate of drug-likeness (QED) is 0.783. The van der Waals surface area contributed by atoms with Crippen LogP contribution in [0.3, 0.4) is 0 Å². The van der Waals surface area contributed by atoms with E-state index in [0.29, 0.717) is 18.6 Å². The third kappa shape index (κ3) is 3.76. The molecule has 3 heterocycles. The van der Waals surface area contributed by atoms with E-state index >= 15 is 0 Å². The number of para-hydroxylation sites is 1. The van der Waals surface area contributed by atoms with Crippen molar-refractivity contribution in [2.45, 2.75) is 44.1 Å². The van der Waals surface area contributed by atoms with Crippen molar-refractivity contribution in [1.29, 1.82) is 0 Å². The maximum Gasteiger partial charge on any atom is 0.0586 e. The highest BCUT2D eigenvalue weighted by atomic mass is 16.3. The Labute approximate surface area is 150 Å². The van der Waals surface area contributed by atoms with Crippen LogP contribution in [-0.2, 0) is 0 Å². The zero-order valence-corrected chi connectivity index (χ0v) is 15.1. The molecule has 2 aromatic rings. The van der Waals surface area contributed by atoms with Gasteiger partial charge in [0.05, 0.1) is 6.61 Å². The third-order valence-electron chi connectivity index (χ3n) is 6.38. The summed E-state index contributed by atoms with van der Waals surface area (Å²) in [6, 6.07) is 8.98. The molecule has 4 rings (SSSR count). The second-order valence-electron chi connectivity index (χ2n) is 7.87. The fraction of sp³-hybridized carbons (Fsp3) is 0.619. The lowest BCUT2D eigenvalue weighted by atomic mass is 9.86. The van der Waals surface area contributed by atoms with Gasteiger partial charge in [-0.1, -0.05) is 18.2 Å². The Morgan fingerprint density at radius 2 is 1.84 bits per heavy atom. The van der Waals surface area contributed by atoms with E-state index < -0.39 is 0 Å². The topological polar surface area (TPSA) is 51.3 Å². The predicted molar refractivity (Wildman–Crippen MR) is 103 cm³/mol. The first-order valence-corrected chi connectivity index (χ1v) is 9.97. The van der Waals surface area contributed by atoms with Crippen LogP contribution in [0.15, 0.2) is 30.5 Å². The van der Waals surface area contributed by atoms with Crippen LogP contribution in [0.1, 0.15) is 43.6 Å². The summed E-state index contributed by atoms with van der Waals surface area (Å²) in [4.78, 5) is 5.97. The van der Waals surface area contributed by atoms with Gasteiger partial charge >= 0.3 is 0 Å². The number of piperidine rings is 2. The minimum absolute atomic E-state index is 0.307. The van der Waals surface area contributed by atoms with Crippen LogP contribution in [0.25, 0.3) is 10.9 Å². The number of hydrogen-bond donors (Lipinski definition) is 3. The molecule has 1 aromatic heterocycles. The van der Waals surface area contributed by atoms with Gasteiger partial charge in [-0.05, 0) is 81.7 Å². The molecule has 1 aromatic carbocycles. The van der Waals surface area contributed by atoms with Crippen molar-refractivity contribution in [1.82, 2.24) is 15.2 Å².